The fourth-order valence-electron chi connectivity index (χ4n) is 1.90. The molecule has 0 amide bonds. The molecule has 0 spiro atoms. The van der Waals surface area contributed by atoms with Crippen LogP contribution in [0.15, 0.2) is 0 Å². The zero-order valence-corrected chi connectivity index (χ0v) is 8.08. The molecule has 3 atom stereocenters. The van der Waals surface area contributed by atoms with E-state index in [2.05, 4.69) is 0 Å². The van der Waals surface area contributed by atoms with Crippen LogP contribution in [-0.4, -0.2) is 17.0 Å². The molecule has 1 N–H and O–H groups in total. The van der Waals surface area contributed by atoms with Gasteiger partial charge in [-0.25, -0.2) is 0 Å². The SMILES string of the molecule is CC(C)[C@H]1CC[C@H](C)[C@H](O)C1=O. The first-order chi connectivity index (χ1) is 5.54. The van der Waals surface area contributed by atoms with E-state index in [-0.39, 0.29) is 17.6 Å². The molecule has 1 rings (SSSR count). The van der Waals surface area contributed by atoms with Gasteiger partial charge in [0.2, 0.25) is 0 Å². The van der Waals surface area contributed by atoms with Gasteiger partial charge >= 0.3 is 0 Å². The van der Waals surface area contributed by atoms with Crippen LogP contribution in [0.25, 0.3) is 0 Å². The standard InChI is InChI=1S/C10H18O2/c1-6(2)8-5-4-7(3)9(11)10(8)12/h6-9,11H,4-5H2,1-3H3/t7-,8+,9-/m0/s1. The lowest BCUT2D eigenvalue weighted by atomic mass is 9.75. The molecule has 1 saturated carbocycles. The summed E-state index contributed by atoms with van der Waals surface area (Å²) in [5.41, 5.74) is 0. The Morgan fingerprint density at radius 2 is 2.00 bits per heavy atom. The van der Waals surface area contributed by atoms with Gasteiger partial charge in [0.15, 0.2) is 5.78 Å². The van der Waals surface area contributed by atoms with E-state index in [1.807, 2.05) is 20.8 Å². The highest BCUT2D eigenvalue weighted by Gasteiger charge is 2.35. The van der Waals surface area contributed by atoms with E-state index in [0.29, 0.717) is 5.92 Å². The Kier molecular flexibility index (Phi) is 2.89. The fraction of sp³-hybridized carbons (Fsp3) is 0.900. The highest BCUT2D eigenvalue weighted by molar-refractivity contribution is 5.86. The molecule has 12 heavy (non-hydrogen) atoms. The maximum atomic E-state index is 11.5. The number of hydrogen-bond donors (Lipinski definition) is 1. The average Bonchev–Trinajstić information content (AvgIpc) is 2.00. The Balaban J connectivity index is 2.65. The predicted molar refractivity (Wildman–Crippen MR) is 47.7 cm³/mol. The van der Waals surface area contributed by atoms with E-state index in [1.165, 1.54) is 0 Å². The third-order valence-corrected chi connectivity index (χ3v) is 2.93. The molecule has 0 unspecified atom stereocenters. The van der Waals surface area contributed by atoms with E-state index in [4.69, 9.17) is 0 Å². The summed E-state index contributed by atoms with van der Waals surface area (Å²) < 4.78 is 0. The highest BCUT2D eigenvalue weighted by Crippen LogP contribution is 2.30. The van der Waals surface area contributed by atoms with E-state index < -0.39 is 6.10 Å². The lowest BCUT2D eigenvalue weighted by Gasteiger charge is -2.31. The van der Waals surface area contributed by atoms with Gasteiger partial charge in [-0.2, -0.15) is 0 Å². The molecule has 0 aromatic rings. The van der Waals surface area contributed by atoms with Gasteiger partial charge in [0.05, 0.1) is 0 Å². The van der Waals surface area contributed by atoms with Crippen molar-refractivity contribution in [3.63, 3.8) is 0 Å². The topological polar surface area (TPSA) is 37.3 Å². The van der Waals surface area contributed by atoms with Crippen molar-refractivity contribution in [2.24, 2.45) is 17.8 Å². The summed E-state index contributed by atoms with van der Waals surface area (Å²) in [7, 11) is 0. The molecule has 0 radical (unpaired) electrons. The molecule has 1 aliphatic carbocycles. The molecule has 2 nitrogen and oxygen atoms in total. The van der Waals surface area contributed by atoms with Crippen LogP contribution in [0.3, 0.4) is 0 Å². The molecular formula is C10H18O2. The van der Waals surface area contributed by atoms with E-state index in [9.17, 15) is 9.90 Å². The van der Waals surface area contributed by atoms with Crippen molar-refractivity contribution >= 4 is 5.78 Å². The largest absolute Gasteiger partial charge is 0.385 e. The zero-order chi connectivity index (χ0) is 9.30. The number of aliphatic hydroxyl groups excluding tert-OH is 1. The van der Waals surface area contributed by atoms with Crippen LogP contribution >= 0.6 is 0 Å². The summed E-state index contributed by atoms with van der Waals surface area (Å²) in [5, 5.41) is 9.52. The zero-order valence-electron chi connectivity index (χ0n) is 8.08. The number of ketones is 1. The summed E-state index contributed by atoms with van der Waals surface area (Å²) in [6.45, 7) is 6.04. The fourth-order valence-corrected chi connectivity index (χ4v) is 1.90. The molecule has 1 aliphatic rings. The molecule has 1 fully saturated rings. The van der Waals surface area contributed by atoms with Gasteiger partial charge in [-0.1, -0.05) is 20.8 Å². The molecule has 0 saturated heterocycles. The van der Waals surface area contributed by atoms with E-state index >= 15 is 0 Å². The summed E-state index contributed by atoms with van der Waals surface area (Å²) in [6.07, 6.45) is 1.23. The minimum absolute atomic E-state index is 0.0590. The second-order valence-corrected chi connectivity index (χ2v) is 4.25. The maximum Gasteiger partial charge on any atom is 0.164 e. The van der Waals surface area contributed by atoms with Crippen molar-refractivity contribution in [1.82, 2.24) is 0 Å². The predicted octanol–water partition coefficient (Wildman–Crippen LogP) is 1.62. The number of Topliss-reactive ketones (excluding diaryl/α,β-unsaturated/α-hetero) is 1. The molecule has 0 heterocycles. The van der Waals surface area contributed by atoms with Gasteiger partial charge in [0, 0.05) is 5.92 Å². The smallest absolute Gasteiger partial charge is 0.164 e. The third-order valence-electron chi connectivity index (χ3n) is 2.93. The summed E-state index contributed by atoms with van der Waals surface area (Å²) >= 11 is 0. The van der Waals surface area contributed by atoms with Crippen LogP contribution < -0.4 is 0 Å². The minimum atomic E-state index is -0.703. The average molecular weight is 170 g/mol. The Hall–Kier alpha value is -0.370. The Bertz CT molecular complexity index is 175. The lowest BCUT2D eigenvalue weighted by Crippen LogP contribution is -2.40. The quantitative estimate of drug-likeness (QED) is 0.649. The number of aliphatic hydroxyl groups is 1. The number of hydrogen-bond acceptors (Lipinski definition) is 2. The molecule has 0 aromatic heterocycles. The summed E-state index contributed by atoms with van der Waals surface area (Å²) in [6, 6.07) is 0. The Morgan fingerprint density at radius 3 is 2.50 bits per heavy atom. The molecule has 0 aliphatic heterocycles. The van der Waals surface area contributed by atoms with Crippen molar-refractivity contribution < 1.29 is 9.90 Å². The highest BCUT2D eigenvalue weighted by atomic mass is 16.3. The Labute approximate surface area is 74.0 Å². The van der Waals surface area contributed by atoms with Crippen LogP contribution in [0.4, 0.5) is 0 Å². The minimum Gasteiger partial charge on any atom is -0.385 e. The van der Waals surface area contributed by atoms with Crippen LogP contribution in [0.2, 0.25) is 0 Å². The molecule has 70 valence electrons. The molecular weight excluding hydrogens is 152 g/mol. The second-order valence-electron chi connectivity index (χ2n) is 4.25. The van der Waals surface area contributed by atoms with E-state index in [0.717, 1.165) is 12.8 Å². The van der Waals surface area contributed by atoms with Crippen molar-refractivity contribution in [2.75, 3.05) is 0 Å². The van der Waals surface area contributed by atoms with Gasteiger partial charge in [0.1, 0.15) is 6.10 Å². The number of rotatable bonds is 1. The van der Waals surface area contributed by atoms with Crippen LogP contribution in [0, 0.1) is 17.8 Å². The van der Waals surface area contributed by atoms with Crippen LogP contribution in [0.1, 0.15) is 33.6 Å². The first kappa shape index (κ1) is 9.72. The van der Waals surface area contributed by atoms with Crippen LogP contribution in [-0.2, 0) is 4.79 Å². The number of carbonyl (C=O) groups is 1. The van der Waals surface area contributed by atoms with Crippen molar-refractivity contribution in [3.8, 4) is 0 Å². The molecule has 0 bridgehead atoms. The first-order valence-electron chi connectivity index (χ1n) is 4.75. The lowest BCUT2D eigenvalue weighted by molar-refractivity contribution is -0.138. The summed E-state index contributed by atoms with van der Waals surface area (Å²) in [4.78, 5) is 11.5. The monoisotopic (exact) mass is 170 g/mol. The van der Waals surface area contributed by atoms with Gasteiger partial charge < -0.3 is 5.11 Å². The molecule has 0 aromatic carbocycles. The van der Waals surface area contributed by atoms with Crippen molar-refractivity contribution in [2.45, 2.75) is 39.7 Å². The van der Waals surface area contributed by atoms with Crippen molar-refractivity contribution in [3.05, 3.63) is 0 Å². The second kappa shape index (κ2) is 3.56. The number of carbonyl (C=O) groups excluding carboxylic acids is 1. The van der Waals surface area contributed by atoms with Crippen LogP contribution in [0.5, 0.6) is 0 Å². The van der Waals surface area contributed by atoms with Gasteiger partial charge in [0.25, 0.3) is 0 Å². The molecule has 2 heteroatoms. The maximum absolute atomic E-state index is 11.5. The Morgan fingerprint density at radius 1 is 1.42 bits per heavy atom. The third kappa shape index (κ3) is 1.69. The van der Waals surface area contributed by atoms with Gasteiger partial charge in [-0.15, -0.1) is 0 Å². The van der Waals surface area contributed by atoms with E-state index in [1.54, 1.807) is 0 Å². The van der Waals surface area contributed by atoms with Gasteiger partial charge in [-0.05, 0) is 24.7 Å². The normalized spacial score (nSPS) is 37.4. The first-order valence-corrected chi connectivity index (χ1v) is 4.75. The van der Waals surface area contributed by atoms with Gasteiger partial charge in [-0.3, -0.25) is 4.79 Å². The summed E-state index contributed by atoms with van der Waals surface area (Å²) in [5.74, 6) is 0.687. The van der Waals surface area contributed by atoms with Crippen molar-refractivity contribution in [1.29, 1.82) is 0 Å².